The predicted octanol–water partition coefficient (Wildman–Crippen LogP) is 2.61. The third kappa shape index (κ3) is 3.85. The minimum Gasteiger partial charge on any atom is -0.393 e. The quantitative estimate of drug-likeness (QED) is 0.883. The van der Waals surface area contributed by atoms with Gasteiger partial charge in [-0.1, -0.05) is 24.6 Å². The zero-order chi connectivity index (χ0) is 18.8. The number of ether oxygens (including phenoxy) is 1. The van der Waals surface area contributed by atoms with Crippen LogP contribution in [0.1, 0.15) is 44.6 Å². The van der Waals surface area contributed by atoms with Crippen molar-refractivity contribution in [2.45, 2.75) is 63.6 Å². The van der Waals surface area contributed by atoms with Crippen molar-refractivity contribution >= 4 is 11.6 Å². The van der Waals surface area contributed by atoms with E-state index >= 15 is 0 Å². The van der Waals surface area contributed by atoms with E-state index in [2.05, 4.69) is 36.1 Å². The van der Waals surface area contributed by atoms with Crippen LogP contribution in [0.3, 0.4) is 0 Å². The van der Waals surface area contributed by atoms with Gasteiger partial charge in [-0.3, -0.25) is 4.79 Å². The molecule has 1 saturated carbocycles. The van der Waals surface area contributed by atoms with E-state index in [1.54, 1.807) is 0 Å². The fourth-order valence-corrected chi connectivity index (χ4v) is 5.17. The molecule has 1 aromatic carbocycles. The average Bonchev–Trinajstić information content (AvgIpc) is 3.12. The Bertz CT molecular complexity index is 665. The van der Waals surface area contributed by atoms with Crippen molar-refractivity contribution in [3.05, 3.63) is 29.8 Å². The normalized spacial score (nSPS) is 31.0. The number of hydrogen-bond acceptors (Lipinski definition) is 4. The molecule has 4 rings (SSSR count). The fourth-order valence-electron chi connectivity index (χ4n) is 5.17. The zero-order valence-corrected chi connectivity index (χ0v) is 16.3. The molecule has 1 aromatic rings. The van der Waals surface area contributed by atoms with Crippen LogP contribution in [0.25, 0.3) is 0 Å². The monoisotopic (exact) mass is 372 g/mol. The minimum atomic E-state index is -0.291. The molecule has 5 heteroatoms. The van der Waals surface area contributed by atoms with Crippen LogP contribution < -0.4 is 4.90 Å². The first-order chi connectivity index (χ1) is 13.1. The molecular weight excluding hydrogens is 340 g/mol. The molecule has 5 nitrogen and oxygen atoms in total. The minimum absolute atomic E-state index is 0.0369. The highest BCUT2D eigenvalue weighted by atomic mass is 16.5. The molecule has 0 aromatic heterocycles. The number of aliphatic hydroxyl groups is 1. The summed E-state index contributed by atoms with van der Waals surface area (Å²) in [5, 5.41) is 10.3. The number of carbonyl (C=O) groups excluding carboxylic acids is 1. The lowest BCUT2D eigenvalue weighted by Crippen LogP contribution is -2.54. The van der Waals surface area contributed by atoms with Gasteiger partial charge in [-0.2, -0.15) is 0 Å². The van der Waals surface area contributed by atoms with Crippen LogP contribution in [0.2, 0.25) is 0 Å². The largest absolute Gasteiger partial charge is 0.393 e. The van der Waals surface area contributed by atoms with E-state index in [1.165, 1.54) is 11.3 Å². The Labute approximate surface area is 162 Å². The molecule has 2 fully saturated rings. The Morgan fingerprint density at radius 1 is 1.26 bits per heavy atom. The van der Waals surface area contributed by atoms with Crippen LogP contribution >= 0.6 is 0 Å². The van der Waals surface area contributed by atoms with Gasteiger partial charge >= 0.3 is 0 Å². The highest BCUT2D eigenvalue weighted by Crippen LogP contribution is 2.33. The molecule has 27 heavy (non-hydrogen) atoms. The van der Waals surface area contributed by atoms with Crippen LogP contribution in [-0.2, 0) is 16.0 Å². The van der Waals surface area contributed by atoms with Crippen molar-refractivity contribution in [3.8, 4) is 0 Å². The van der Waals surface area contributed by atoms with Gasteiger partial charge in [0.2, 0.25) is 5.91 Å². The first kappa shape index (κ1) is 18.8. The Morgan fingerprint density at radius 3 is 2.93 bits per heavy atom. The Morgan fingerprint density at radius 2 is 2.11 bits per heavy atom. The summed E-state index contributed by atoms with van der Waals surface area (Å²) in [5.41, 5.74) is 2.68. The number of hydrogen-bond donors (Lipinski definition) is 1. The number of amides is 1. The molecule has 1 saturated heterocycles. The second-order valence-corrected chi connectivity index (χ2v) is 8.35. The number of aryl methyl sites for hydroxylation is 1. The molecule has 0 unspecified atom stereocenters. The number of aliphatic hydroxyl groups excluding tert-OH is 1. The zero-order valence-electron chi connectivity index (χ0n) is 16.3. The van der Waals surface area contributed by atoms with Crippen molar-refractivity contribution in [1.82, 2.24) is 4.90 Å². The highest BCUT2D eigenvalue weighted by Gasteiger charge is 2.39. The summed E-state index contributed by atoms with van der Waals surface area (Å²) in [6.07, 6.45) is 5.39. The van der Waals surface area contributed by atoms with Crippen LogP contribution in [0, 0.1) is 5.92 Å². The van der Waals surface area contributed by atoms with Gasteiger partial charge in [0.05, 0.1) is 25.4 Å². The summed E-state index contributed by atoms with van der Waals surface area (Å²) in [4.78, 5) is 17.5. The van der Waals surface area contributed by atoms with Crippen LogP contribution in [0.4, 0.5) is 5.69 Å². The average molecular weight is 373 g/mol. The van der Waals surface area contributed by atoms with Gasteiger partial charge in [-0.05, 0) is 44.2 Å². The van der Waals surface area contributed by atoms with Gasteiger partial charge in [0.15, 0.2) is 0 Å². The third-order valence-corrected chi connectivity index (χ3v) is 6.74. The lowest BCUT2D eigenvalue weighted by molar-refractivity contribution is -0.143. The Kier molecular flexibility index (Phi) is 5.69. The molecule has 2 heterocycles. The van der Waals surface area contributed by atoms with Crippen LogP contribution in [0.15, 0.2) is 24.3 Å². The summed E-state index contributed by atoms with van der Waals surface area (Å²) in [7, 11) is 0. The van der Waals surface area contributed by atoms with E-state index in [9.17, 15) is 9.90 Å². The standard InChI is InChI=1S/C22H32N2O3/c1-16-9-10-17-5-2-3-7-19(17)23(16)12-11-22(26)24-13-14-27-15-20(24)18-6-4-8-21(18)25/h2-3,5,7,16,18,20-21,25H,4,6,8-15H2,1H3/t16-,18-,20-,21-/m1/s1. The first-order valence-corrected chi connectivity index (χ1v) is 10.5. The Balaban J connectivity index is 1.42. The smallest absolute Gasteiger partial charge is 0.224 e. The lowest BCUT2D eigenvalue weighted by Gasteiger charge is -2.41. The highest BCUT2D eigenvalue weighted by molar-refractivity contribution is 5.77. The molecule has 4 atom stereocenters. The molecule has 1 aliphatic carbocycles. The number of para-hydroxylation sites is 1. The van der Waals surface area contributed by atoms with E-state index in [1.807, 2.05) is 4.90 Å². The maximum atomic E-state index is 13.1. The molecule has 1 N–H and O–H groups in total. The first-order valence-electron chi connectivity index (χ1n) is 10.5. The topological polar surface area (TPSA) is 53.0 Å². The van der Waals surface area contributed by atoms with Crippen molar-refractivity contribution < 1.29 is 14.6 Å². The van der Waals surface area contributed by atoms with E-state index in [0.717, 1.165) is 38.6 Å². The summed E-state index contributed by atoms with van der Waals surface area (Å²) in [6, 6.07) is 9.08. The Hall–Kier alpha value is -1.59. The summed E-state index contributed by atoms with van der Waals surface area (Å²) < 4.78 is 5.67. The number of carbonyl (C=O) groups is 1. The molecule has 0 bridgehead atoms. The van der Waals surface area contributed by atoms with E-state index in [0.29, 0.717) is 32.2 Å². The van der Waals surface area contributed by atoms with Gasteiger partial charge in [-0.25, -0.2) is 0 Å². The molecule has 2 aliphatic heterocycles. The van der Waals surface area contributed by atoms with Crippen molar-refractivity contribution in [3.63, 3.8) is 0 Å². The van der Waals surface area contributed by atoms with Gasteiger partial charge in [0, 0.05) is 37.2 Å². The van der Waals surface area contributed by atoms with Crippen molar-refractivity contribution in [2.75, 3.05) is 31.2 Å². The third-order valence-electron chi connectivity index (χ3n) is 6.74. The van der Waals surface area contributed by atoms with E-state index in [4.69, 9.17) is 4.74 Å². The van der Waals surface area contributed by atoms with Gasteiger partial charge in [0.1, 0.15) is 0 Å². The van der Waals surface area contributed by atoms with Crippen molar-refractivity contribution in [1.29, 1.82) is 0 Å². The number of rotatable bonds is 4. The molecule has 1 amide bonds. The lowest BCUT2D eigenvalue weighted by atomic mass is 9.93. The fraction of sp³-hybridized carbons (Fsp3) is 0.682. The van der Waals surface area contributed by atoms with Crippen molar-refractivity contribution in [2.24, 2.45) is 5.92 Å². The number of morpholine rings is 1. The second-order valence-electron chi connectivity index (χ2n) is 8.35. The molecule has 148 valence electrons. The van der Waals surface area contributed by atoms with E-state index in [-0.39, 0.29) is 24.0 Å². The van der Waals surface area contributed by atoms with Gasteiger partial charge in [0.25, 0.3) is 0 Å². The number of anilines is 1. The number of benzene rings is 1. The molecule has 0 spiro atoms. The van der Waals surface area contributed by atoms with Crippen LogP contribution in [0.5, 0.6) is 0 Å². The summed E-state index contributed by atoms with van der Waals surface area (Å²) >= 11 is 0. The van der Waals surface area contributed by atoms with E-state index < -0.39 is 0 Å². The van der Waals surface area contributed by atoms with Gasteiger partial charge < -0.3 is 19.6 Å². The maximum Gasteiger partial charge on any atom is 0.224 e. The molecule has 3 aliphatic rings. The van der Waals surface area contributed by atoms with Gasteiger partial charge in [-0.15, -0.1) is 0 Å². The number of fused-ring (bicyclic) bond motifs is 1. The SMILES string of the molecule is C[C@@H]1CCc2ccccc2N1CCC(=O)N1CCOC[C@@H]1[C@H]1CCC[C@H]1O. The molecular formula is C22H32N2O3. The van der Waals surface area contributed by atoms with Crippen LogP contribution in [-0.4, -0.2) is 60.4 Å². The maximum absolute atomic E-state index is 13.1. The summed E-state index contributed by atoms with van der Waals surface area (Å²) in [5.74, 6) is 0.376. The molecule has 0 radical (unpaired) electrons. The summed E-state index contributed by atoms with van der Waals surface area (Å²) in [6.45, 7) is 4.84. The second kappa shape index (κ2) is 8.19. The predicted molar refractivity (Wildman–Crippen MR) is 106 cm³/mol. The number of nitrogens with zero attached hydrogens (tertiary/aromatic N) is 2.